The Morgan fingerprint density at radius 2 is 1.92 bits per heavy atom. The Balaban J connectivity index is 0.00000722. The van der Waals surface area contributed by atoms with Gasteiger partial charge in [-0.25, -0.2) is 4.79 Å². The second kappa shape index (κ2) is 18.1. The molecule has 0 radical (unpaired) electrons. The van der Waals surface area contributed by atoms with E-state index >= 15 is 0 Å². The monoisotopic (exact) mass is 541 g/mol. The van der Waals surface area contributed by atoms with Crippen molar-refractivity contribution in [3.05, 3.63) is 95.8 Å². The first kappa shape index (κ1) is 33.8. The number of benzene rings is 2. The summed E-state index contributed by atoms with van der Waals surface area (Å²) in [4.78, 5) is 29.5. The molecule has 0 fully saturated rings. The molecular weight excluding hydrogens is 503 g/mol. The van der Waals surface area contributed by atoms with Crippen LogP contribution in [0, 0.1) is 25.6 Å². The van der Waals surface area contributed by atoms with Crippen LogP contribution in [0.4, 0.5) is 5.69 Å². The number of hydrogen-bond donors (Lipinski definition) is 3. The molecule has 2 aromatic carbocycles. The second-order valence-corrected chi connectivity index (χ2v) is 9.04. The molecule has 2 aromatic rings. The molecule has 3 N–H and O–H groups in total. The van der Waals surface area contributed by atoms with Gasteiger partial charge < -0.3 is 31.9 Å². The molecule has 7 nitrogen and oxygen atoms in total. The van der Waals surface area contributed by atoms with Crippen molar-refractivity contribution < 1.29 is 65.7 Å². The van der Waals surface area contributed by atoms with Crippen LogP contribution in [-0.4, -0.2) is 31.2 Å². The maximum absolute atomic E-state index is 12.9. The molecular formula is C30H38KN4O3-. The molecule has 1 amide bonds. The molecule has 1 unspecified atom stereocenters. The Morgan fingerprint density at radius 1 is 1.16 bits per heavy atom. The van der Waals surface area contributed by atoms with Gasteiger partial charge in [0, 0.05) is 17.3 Å². The zero-order chi connectivity index (χ0) is 27.2. The molecule has 2 rings (SSSR count). The van der Waals surface area contributed by atoms with Gasteiger partial charge in [-0.1, -0.05) is 45.0 Å². The first-order chi connectivity index (χ1) is 17.7. The Hall–Kier alpha value is -2.20. The number of amides is 1. The number of allylic oxidation sites excluding steroid dienone is 1. The summed E-state index contributed by atoms with van der Waals surface area (Å²) in [6, 6.07) is 12.5. The number of nitrogens with one attached hydrogen (secondary N) is 3. The third kappa shape index (κ3) is 11.7. The van der Waals surface area contributed by atoms with E-state index in [0.717, 1.165) is 17.7 Å². The predicted octanol–water partition coefficient (Wildman–Crippen LogP) is 2.78. The summed E-state index contributed by atoms with van der Waals surface area (Å²) in [5.41, 5.74) is 4.08. The average Bonchev–Trinajstić information content (AvgIpc) is 2.88. The number of carbonyl (C=O) groups excluding carboxylic acids is 2. The zero-order valence-corrected chi connectivity index (χ0v) is 26.7. The van der Waals surface area contributed by atoms with Crippen molar-refractivity contribution in [2.24, 2.45) is 10.9 Å². The molecule has 0 bridgehead atoms. The third-order valence-corrected chi connectivity index (χ3v) is 5.30. The van der Waals surface area contributed by atoms with E-state index in [1.165, 1.54) is 0 Å². The van der Waals surface area contributed by atoms with Gasteiger partial charge in [0.2, 0.25) is 0 Å². The van der Waals surface area contributed by atoms with Crippen molar-refractivity contribution in [1.29, 1.82) is 0 Å². The molecule has 38 heavy (non-hydrogen) atoms. The number of aryl methyl sites for hydroxylation is 1. The summed E-state index contributed by atoms with van der Waals surface area (Å²) in [6.07, 6.45) is 9.51. The molecule has 0 saturated carbocycles. The number of hydrogen-bond acceptors (Lipinski definition) is 6. The fraction of sp³-hybridized carbons (Fsp3) is 0.333. The Kier molecular flexibility index (Phi) is 16.2. The van der Waals surface area contributed by atoms with E-state index in [2.05, 4.69) is 34.1 Å². The van der Waals surface area contributed by atoms with Crippen LogP contribution in [0.5, 0.6) is 0 Å². The maximum Gasteiger partial charge on any atom is 1.00 e. The molecule has 0 aromatic heterocycles. The van der Waals surface area contributed by atoms with Crippen molar-refractivity contribution in [2.75, 3.05) is 19.0 Å². The molecule has 0 spiro atoms. The van der Waals surface area contributed by atoms with E-state index in [0.29, 0.717) is 29.0 Å². The smallest absolute Gasteiger partial charge is 0.560 e. The van der Waals surface area contributed by atoms with Crippen LogP contribution in [0.25, 0.3) is 0 Å². The summed E-state index contributed by atoms with van der Waals surface area (Å²) >= 11 is 0. The molecule has 198 valence electrons. The van der Waals surface area contributed by atoms with Gasteiger partial charge in [-0.2, -0.15) is 12.2 Å². The summed E-state index contributed by atoms with van der Waals surface area (Å²) < 4.78 is 5.31. The Bertz CT molecular complexity index is 1140. The van der Waals surface area contributed by atoms with Crippen molar-refractivity contribution in [3.63, 3.8) is 0 Å². The largest absolute Gasteiger partial charge is 1.00 e. The zero-order valence-electron chi connectivity index (χ0n) is 23.6. The third-order valence-electron chi connectivity index (χ3n) is 5.30. The number of rotatable bonds is 13. The van der Waals surface area contributed by atoms with Crippen molar-refractivity contribution >= 4 is 23.3 Å². The second-order valence-electron chi connectivity index (χ2n) is 9.04. The summed E-state index contributed by atoms with van der Waals surface area (Å²) in [6.45, 7) is 12.0. The average molecular weight is 542 g/mol. The summed E-state index contributed by atoms with van der Waals surface area (Å²) in [5, 5.41) is 9.09. The van der Waals surface area contributed by atoms with Gasteiger partial charge in [-0.15, -0.1) is 12.7 Å². The minimum Gasteiger partial charge on any atom is -0.560 e. The normalized spacial score (nSPS) is 12.3. The number of anilines is 1. The fourth-order valence-corrected chi connectivity index (χ4v) is 3.31. The first-order valence-corrected chi connectivity index (χ1v) is 12.5. The predicted molar refractivity (Wildman–Crippen MR) is 150 cm³/mol. The van der Waals surface area contributed by atoms with Crippen LogP contribution in [0.1, 0.15) is 72.0 Å². The van der Waals surface area contributed by atoms with Crippen molar-refractivity contribution in [2.45, 2.75) is 47.1 Å². The summed E-state index contributed by atoms with van der Waals surface area (Å²) in [5.74, 6) is -0.372. The number of aliphatic imine (C=N–C) groups is 1. The number of esters is 1. The Morgan fingerprint density at radius 3 is 2.58 bits per heavy atom. The van der Waals surface area contributed by atoms with Gasteiger partial charge in [-0.05, 0) is 68.3 Å². The van der Waals surface area contributed by atoms with Crippen LogP contribution in [-0.2, 0) is 4.74 Å². The van der Waals surface area contributed by atoms with Crippen LogP contribution in [0.2, 0.25) is 0 Å². The van der Waals surface area contributed by atoms with E-state index in [-0.39, 0.29) is 75.2 Å². The molecule has 0 aliphatic carbocycles. The van der Waals surface area contributed by atoms with E-state index < -0.39 is 0 Å². The van der Waals surface area contributed by atoms with Gasteiger partial charge in [0.15, 0.2) is 0 Å². The van der Waals surface area contributed by atoms with Gasteiger partial charge in [-0.3, -0.25) is 4.79 Å². The van der Waals surface area contributed by atoms with Crippen LogP contribution in [0.3, 0.4) is 0 Å². The van der Waals surface area contributed by atoms with Gasteiger partial charge in [0.25, 0.3) is 5.91 Å². The van der Waals surface area contributed by atoms with Gasteiger partial charge in [0.05, 0.1) is 12.2 Å². The first-order valence-electron chi connectivity index (χ1n) is 12.5. The molecule has 1 atom stereocenters. The minimum atomic E-state index is -0.377. The van der Waals surface area contributed by atoms with Crippen molar-refractivity contribution in [3.8, 4) is 0 Å². The number of ether oxygens (including phenoxy) is 1. The standard InChI is InChI=1S/C30H38N4O3.K/c1-7-8-11-27(19-31-6)33-16-15-32-23(5)24-10-9-12-26(18-24)34-29(35)25-13-14-28(22(4)17-25)30(36)37-20-21(2)3;/h8-14,16-19,21,23,31-32H,7,20H2,1-6H3,(H,34,35);/q-2;+1/b11-8+,33-27?;. The van der Waals surface area contributed by atoms with Crippen molar-refractivity contribution in [1.82, 2.24) is 10.6 Å². The fourth-order valence-electron chi connectivity index (χ4n) is 3.31. The molecule has 0 saturated heterocycles. The number of carbonyl (C=O) groups is 2. The quantitative estimate of drug-likeness (QED) is 0.119. The Labute approximate surface area is 270 Å². The van der Waals surface area contributed by atoms with Gasteiger partial charge >= 0.3 is 57.4 Å². The van der Waals surface area contributed by atoms with E-state index in [1.54, 1.807) is 31.3 Å². The van der Waals surface area contributed by atoms with E-state index in [9.17, 15) is 9.59 Å². The number of nitrogens with zero attached hydrogens (tertiary/aromatic N) is 1. The maximum atomic E-state index is 12.9. The molecule has 8 heteroatoms. The van der Waals surface area contributed by atoms with E-state index in [4.69, 9.17) is 4.74 Å². The SMILES string of the molecule is CC/C=C/C([CH-]NC)=NC=[C-]NC(C)c1cccc(NC(=O)c2ccc(C(=O)OCC(C)C)c(C)c2)c1.[K+]. The molecule has 0 aliphatic heterocycles. The van der Waals surface area contributed by atoms with Crippen LogP contribution < -0.4 is 67.3 Å². The topological polar surface area (TPSA) is 91.8 Å². The minimum absolute atomic E-state index is 0. The van der Waals surface area contributed by atoms with Crippen LogP contribution in [0.15, 0.2) is 65.8 Å². The molecule has 0 aliphatic rings. The van der Waals surface area contributed by atoms with Gasteiger partial charge in [0.1, 0.15) is 0 Å². The molecule has 0 heterocycles. The summed E-state index contributed by atoms with van der Waals surface area (Å²) in [7, 11) is 1.83. The van der Waals surface area contributed by atoms with E-state index in [1.807, 2.05) is 70.8 Å². The van der Waals surface area contributed by atoms with Crippen LogP contribution >= 0.6 is 0 Å².